The van der Waals surface area contributed by atoms with Crippen LogP contribution >= 0.6 is 0 Å². The Kier molecular flexibility index (Phi) is 3.44. The van der Waals surface area contributed by atoms with E-state index in [1.54, 1.807) is 4.90 Å². The van der Waals surface area contributed by atoms with Crippen molar-refractivity contribution in [3.63, 3.8) is 0 Å². The summed E-state index contributed by atoms with van der Waals surface area (Å²) in [5.74, 6) is -0.0453. The van der Waals surface area contributed by atoms with Gasteiger partial charge in [-0.25, -0.2) is 0 Å². The van der Waals surface area contributed by atoms with Crippen LogP contribution in [0.15, 0.2) is 30.3 Å². The maximum Gasteiger partial charge on any atom is 0.241 e. The number of amides is 2. The average molecular weight is 273 g/mol. The van der Waals surface area contributed by atoms with Crippen molar-refractivity contribution in [1.29, 1.82) is 0 Å². The fraction of sp³-hybridized carbons (Fsp3) is 0.467. The Bertz CT molecular complexity index is 517. The predicted molar refractivity (Wildman–Crippen MR) is 74.9 cm³/mol. The zero-order chi connectivity index (χ0) is 14.1. The van der Waals surface area contributed by atoms with Crippen LogP contribution in [-0.2, 0) is 9.59 Å². The van der Waals surface area contributed by atoms with E-state index in [0.717, 1.165) is 13.0 Å². The Hall–Kier alpha value is -1.88. The first-order valence-electron chi connectivity index (χ1n) is 7.04. The summed E-state index contributed by atoms with van der Waals surface area (Å²) in [6.07, 6.45) is 0.873. The summed E-state index contributed by atoms with van der Waals surface area (Å²) in [6, 6.07) is 9.57. The molecule has 1 aromatic carbocycles. The first-order valence-corrected chi connectivity index (χ1v) is 7.04. The number of benzene rings is 1. The molecule has 3 rings (SSSR count). The highest BCUT2D eigenvalue weighted by molar-refractivity contribution is 5.90. The molecule has 2 amide bonds. The topological polar surface area (TPSA) is 75.4 Å². The zero-order valence-corrected chi connectivity index (χ0v) is 11.3. The molecular formula is C15H19N3O2. The first kappa shape index (κ1) is 13.1. The lowest BCUT2D eigenvalue weighted by molar-refractivity contribution is -0.141. The van der Waals surface area contributed by atoms with Crippen molar-refractivity contribution < 1.29 is 9.59 Å². The van der Waals surface area contributed by atoms with Gasteiger partial charge in [-0.15, -0.1) is 0 Å². The third-order valence-electron chi connectivity index (χ3n) is 4.19. The van der Waals surface area contributed by atoms with Crippen LogP contribution in [0.2, 0.25) is 0 Å². The second-order valence-electron chi connectivity index (χ2n) is 5.51. The molecule has 1 saturated heterocycles. The Labute approximate surface area is 118 Å². The molecule has 5 nitrogen and oxygen atoms in total. The smallest absolute Gasteiger partial charge is 0.241 e. The molecular weight excluding hydrogens is 254 g/mol. The van der Waals surface area contributed by atoms with Gasteiger partial charge in [0.25, 0.3) is 0 Å². The van der Waals surface area contributed by atoms with Crippen LogP contribution in [0.1, 0.15) is 17.9 Å². The third kappa shape index (κ3) is 2.41. The molecule has 1 aliphatic carbocycles. The molecule has 3 atom stereocenters. The van der Waals surface area contributed by atoms with E-state index in [1.165, 1.54) is 5.56 Å². The van der Waals surface area contributed by atoms with Gasteiger partial charge in [0.2, 0.25) is 11.8 Å². The van der Waals surface area contributed by atoms with Crippen LogP contribution in [0.3, 0.4) is 0 Å². The Morgan fingerprint density at radius 3 is 2.70 bits per heavy atom. The number of hydrogen-bond donors (Lipinski definition) is 2. The van der Waals surface area contributed by atoms with Crippen LogP contribution in [-0.4, -0.2) is 42.4 Å². The van der Waals surface area contributed by atoms with E-state index >= 15 is 0 Å². The molecule has 3 unspecified atom stereocenters. The molecule has 0 aromatic heterocycles. The van der Waals surface area contributed by atoms with Gasteiger partial charge in [0.1, 0.15) is 6.04 Å². The largest absolute Gasteiger partial charge is 0.368 e. The zero-order valence-electron chi connectivity index (χ0n) is 11.3. The van der Waals surface area contributed by atoms with E-state index in [4.69, 9.17) is 5.73 Å². The SMILES string of the molecule is NC(=O)C1CNCCN1C(=O)C1CC1c1ccccc1. The number of piperazine rings is 1. The summed E-state index contributed by atoms with van der Waals surface area (Å²) in [4.78, 5) is 25.7. The first-order chi connectivity index (χ1) is 9.68. The third-order valence-corrected chi connectivity index (χ3v) is 4.19. The van der Waals surface area contributed by atoms with Gasteiger partial charge in [-0.3, -0.25) is 9.59 Å². The van der Waals surface area contributed by atoms with Gasteiger partial charge in [-0.2, -0.15) is 0 Å². The Morgan fingerprint density at radius 2 is 2.00 bits per heavy atom. The molecule has 1 aliphatic heterocycles. The van der Waals surface area contributed by atoms with E-state index in [0.29, 0.717) is 19.0 Å². The van der Waals surface area contributed by atoms with Crippen molar-refractivity contribution in [3.05, 3.63) is 35.9 Å². The summed E-state index contributed by atoms with van der Waals surface area (Å²) in [7, 11) is 0. The lowest BCUT2D eigenvalue weighted by atomic mass is 10.1. The highest BCUT2D eigenvalue weighted by Gasteiger charge is 2.47. The highest BCUT2D eigenvalue weighted by Crippen LogP contribution is 2.48. The number of primary amides is 1. The van der Waals surface area contributed by atoms with Gasteiger partial charge in [0.15, 0.2) is 0 Å². The van der Waals surface area contributed by atoms with Gasteiger partial charge in [0.05, 0.1) is 0 Å². The van der Waals surface area contributed by atoms with Crippen molar-refractivity contribution in [2.45, 2.75) is 18.4 Å². The summed E-state index contributed by atoms with van der Waals surface area (Å²) in [5.41, 5.74) is 6.59. The fourth-order valence-electron chi connectivity index (χ4n) is 2.97. The van der Waals surface area contributed by atoms with Crippen molar-refractivity contribution in [1.82, 2.24) is 10.2 Å². The maximum absolute atomic E-state index is 12.5. The minimum absolute atomic E-state index is 0.0114. The van der Waals surface area contributed by atoms with Gasteiger partial charge in [-0.1, -0.05) is 30.3 Å². The number of carbonyl (C=O) groups excluding carboxylic acids is 2. The molecule has 0 bridgehead atoms. The number of carbonyl (C=O) groups is 2. The number of hydrogen-bond acceptors (Lipinski definition) is 3. The van der Waals surface area contributed by atoms with E-state index in [-0.39, 0.29) is 11.8 Å². The molecule has 0 spiro atoms. The van der Waals surface area contributed by atoms with Crippen LogP contribution in [0.25, 0.3) is 0 Å². The van der Waals surface area contributed by atoms with Crippen LogP contribution < -0.4 is 11.1 Å². The van der Waals surface area contributed by atoms with Gasteiger partial charge in [0, 0.05) is 25.6 Å². The lowest BCUT2D eigenvalue weighted by Gasteiger charge is -2.34. The second kappa shape index (κ2) is 5.25. The summed E-state index contributed by atoms with van der Waals surface area (Å²) in [5, 5.41) is 3.11. The van der Waals surface area contributed by atoms with Gasteiger partial charge >= 0.3 is 0 Å². The van der Waals surface area contributed by atoms with Gasteiger partial charge < -0.3 is 16.0 Å². The normalized spacial score (nSPS) is 29.0. The minimum atomic E-state index is -0.506. The molecule has 106 valence electrons. The molecule has 20 heavy (non-hydrogen) atoms. The van der Waals surface area contributed by atoms with Crippen molar-refractivity contribution in [2.24, 2.45) is 11.7 Å². The molecule has 1 saturated carbocycles. The highest BCUT2D eigenvalue weighted by atomic mass is 16.2. The minimum Gasteiger partial charge on any atom is -0.368 e. The number of rotatable bonds is 3. The van der Waals surface area contributed by atoms with E-state index < -0.39 is 11.9 Å². The van der Waals surface area contributed by atoms with Crippen molar-refractivity contribution in [3.8, 4) is 0 Å². The predicted octanol–water partition coefficient (Wildman–Crippen LogP) is 0.0758. The standard InChI is InChI=1S/C15H19N3O2/c16-14(19)13-9-17-6-7-18(13)15(20)12-8-11(12)10-4-2-1-3-5-10/h1-5,11-13,17H,6-9H2,(H2,16,19). The number of nitrogens with two attached hydrogens (primary N) is 1. The summed E-state index contributed by atoms with van der Waals surface area (Å²) >= 11 is 0. The average Bonchev–Trinajstić information content (AvgIpc) is 3.28. The van der Waals surface area contributed by atoms with Gasteiger partial charge in [-0.05, 0) is 17.9 Å². The lowest BCUT2D eigenvalue weighted by Crippen LogP contribution is -2.59. The number of nitrogens with one attached hydrogen (secondary N) is 1. The molecule has 1 heterocycles. The van der Waals surface area contributed by atoms with Crippen LogP contribution in [0, 0.1) is 5.92 Å². The molecule has 1 aromatic rings. The van der Waals surface area contributed by atoms with E-state index in [1.807, 2.05) is 18.2 Å². The van der Waals surface area contributed by atoms with Crippen LogP contribution in [0.5, 0.6) is 0 Å². The second-order valence-corrected chi connectivity index (χ2v) is 5.51. The summed E-state index contributed by atoms with van der Waals surface area (Å²) < 4.78 is 0. The quantitative estimate of drug-likeness (QED) is 0.818. The molecule has 0 radical (unpaired) electrons. The number of nitrogens with zero attached hydrogens (tertiary/aromatic N) is 1. The van der Waals surface area contributed by atoms with Crippen LogP contribution in [0.4, 0.5) is 0 Å². The maximum atomic E-state index is 12.5. The molecule has 3 N–H and O–H groups in total. The Morgan fingerprint density at radius 1 is 1.25 bits per heavy atom. The van der Waals surface area contributed by atoms with E-state index in [9.17, 15) is 9.59 Å². The molecule has 2 aliphatic rings. The Balaban J connectivity index is 1.69. The fourth-order valence-corrected chi connectivity index (χ4v) is 2.97. The summed E-state index contributed by atoms with van der Waals surface area (Å²) in [6.45, 7) is 1.74. The van der Waals surface area contributed by atoms with Crippen molar-refractivity contribution in [2.75, 3.05) is 19.6 Å². The molecule has 2 fully saturated rings. The monoisotopic (exact) mass is 273 g/mol. The molecule has 5 heteroatoms. The van der Waals surface area contributed by atoms with E-state index in [2.05, 4.69) is 17.4 Å². The van der Waals surface area contributed by atoms with Crippen molar-refractivity contribution >= 4 is 11.8 Å².